The molecule has 1 saturated heterocycles. The first-order valence-corrected chi connectivity index (χ1v) is 7.83. The van der Waals surface area contributed by atoms with Gasteiger partial charge < -0.3 is 10.2 Å². The molecule has 114 valence electrons. The van der Waals surface area contributed by atoms with Crippen LogP contribution in [-0.2, 0) is 4.79 Å². The molecule has 21 heavy (non-hydrogen) atoms. The normalized spacial score (nSPS) is 16.4. The van der Waals surface area contributed by atoms with Crippen LogP contribution in [-0.4, -0.2) is 35.8 Å². The number of nitrogens with one attached hydrogen (secondary N) is 1. The SMILES string of the molecule is CC(NC(=O)c1ccc(F)cc1Br)C(=O)N1CCCCC1. The molecule has 1 fully saturated rings. The number of piperidine rings is 1. The van der Waals surface area contributed by atoms with Crippen LogP contribution in [0.15, 0.2) is 22.7 Å². The molecule has 0 aliphatic carbocycles. The fourth-order valence-corrected chi connectivity index (χ4v) is 2.93. The summed E-state index contributed by atoms with van der Waals surface area (Å²) in [5.74, 6) is -0.878. The number of benzene rings is 1. The second-order valence-corrected chi connectivity index (χ2v) is 6.06. The van der Waals surface area contributed by atoms with Crippen LogP contribution in [0.5, 0.6) is 0 Å². The van der Waals surface area contributed by atoms with Gasteiger partial charge in [0, 0.05) is 17.6 Å². The maximum Gasteiger partial charge on any atom is 0.253 e. The maximum atomic E-state index is 13.0. The second-order valence-electron chi connectivity index (χ2n) is 5.21. The highest BCUT2D eigenvalue weighted by Gasteiger charge is 2.24. The summed E-state index contributed by atoms with van der Waals surface area (Å²) >= 11 is 3.16. The Balaban J connectivity index is 1.99. The van der Waals surface area contributed by atoms with Gasteiger partial charge in [-0.15, -0.1) is 0 Å². The molecule has 0 radical (unpaired) electrons. The lowest BCUT2D eigenvalue weighted by Crippen LogP contribution is -2.48. The summed E-state index contributed by atoms with van der Waals surface area (Å²) < 4.78 is 13.4. The van der Waals surface area contributed by atoms with Crippen molar-refractivity contribution in [2.24, 2.45) is 0 Å². The first-order chi connectivity index (χ1) is 9.99. The van der Waals surface area contributed by atoms with E-state index >= 15 is 0 Å². The molecule has 0 aromatic heterocycles. The third kappa shape index (κ3) is 4.03. The van der Waals surface area contributed by atoms with Crippen molar-refractivity contribution < 1.29 is 14.0 Å². The zero-order chi connectivity index (χ0) is 15.4. The lowest BCUT2D eigenvalue weighted by Gasteiger charge is -2.29. The van der Waals surface area contributed by atoms with Gasteiger partial charge in [0.25, 0.3) is 5.91 Å². The van der Waals surface area contributed by atoms with Crippen LogP contribution in [0.1, 0.15) is 36.5 Å². The van der Waals surface area contributed by atoms with Crippen molar-refractivity contribution in [1.82, 2.24) is 10.2 Å². The summed E-state index contributed by atoms with van der Waals surface area (Å²) in [6.07, 6.45) is 3.17. The van der Waals surface area contributed by atoms with Gasteiger partial charge in [-0.05, 0) is 60.3 Å². The van der Waals surface area contributed by atoms with Gasteiger partial charge in [0.15, 0.2) is 0 Å². The van der Waals surface area contributed by atoms with E-state index in [1.807, 2.05) is 0 Å². The van der Waals surface area contributed by atoms with Gasteiger partial charge in [0.2, 0.25) is 5.91 Å². The van der Waals surface area contributed by atoms with E-state index in [1.165, 1.54) is 18.2 Å². The van der Waals surface area contributed by atoms with E-state index in [4.69, 9.17) is 0 Å². The lowest BCUT2D eigenvalue weighted by molar-refractivity contribution is -0.133. The molecule has 4 nitrogen and oxygen atoms in total. The van der Waals surface area contributed by atoms with E-state index in [0.29, 0.717) is 10.0 Å². The van der Waals surface area contributed by atoms with Gasteiger partial charge in [-0.2, -0.15) is 0 Å². The van der Waals surface area contributed by atoms with Crippen molar-refractivity contribution in [2.45, 2.75) is 32.2 Å². The summed E-state index contributed by atoms with van der Waals surface area (Å²) in [7, 11) is 0. The van der Waals surface area contributed by atoms with E-state index in [1.54, 1.807) is 11.8 Å². The zero-order valence-corrected chi connectivity index (χ0v) is 13.5. The molecule has 1 heterocycles. The molecule has 1 aliphatic heterocycles. The van der Waals surface area contributed by atoms with Crippen molar-refractivity contribution in [1.29, 1.82) is 0 Å². The zero-order valence-electron chi connectivity index (χ0n) is 11.9. The van der Waals surface area contributed by atoms with Gasteiger partial charge in [-0.3, -0.25) is 9.59 Å². The van der Waals surface area contributed by atoms with Gasteiger partial charge >= 0.3 is 0 Å². The van der Waals surface area contributed by atoms with Crippen molar-refractivity contribution >= 4 is 27.7 Å². The Hall–Kier alpha value is -1.43. The minimum atomic E-state index is -0.590. The van der Waals surface area contributed by atoms with Crippen molar-refractivity contribution in [3.05, 3.63) is 34.1 Å². The first kappa shape index (κ1) is 15.9. The van der Waals surface area contributed by atoms with Crippen molar-refractivity contribution in [3.8, 4) is 0 Å². The Kier molecular flexibility index (Phi) is 5.33. The fourth-order valence-electron chi connectivity index (χ4n) is 2.40. The third-order valence-electron chi connectivity index (χ3n) is 3.56. The van der Waals surface area contributed by atoms with E-state index < -0.39 is 11.9 Å². The molecular weight excluding hydrogens is 339 g/mol. The summed E-state index contributed by atoms with van der Waals surface area (Å²) in [6.45, 7) is 3.17. The monoisotopic (exact) mass is 356 g/mol. The minimum absolute atomic E-state index is 0.0683. The van der Waals surface area contributed by atoms with Crippen LogP contribution < -0.4 is 5.32 Å². The maximum absolute atomic E-state index is 13.0. The number of amides is 2. The average molecular weight is 357 g/mol. The van der Waals surface area contributed by atoms with Crippen LogP contribution in [0.4, 0.5) is 4.39 Å². The van der Waals surface area contributed by atoms with E-state index in [9.17, 15) is 14.0 Å². The molecule has 1 aromatic carbocycles. The van der Waals surface area contributed by atoms with Gasteiger partial charge in [0.05, 0.1) is 5.56 Å². The topological polar surface area (TPSA) is 49.4 Å². The largest absolute Gasteiger partial charge is 0.341 e. The smallest absolute Gasteiger partial charge is 0.253 e. The molecule has 6 heteroatoms. The number of carbonyl (C=O) groups excluding carboxylic acids is 2. The molecule has 2 amide bonds. The Labute approximate surface area is 131 Å². The Bertz CT molecular complexity index is 544. The summed E-state index contributed by atoms with van der Waals surface area (Å²) in [4.78, 5) is 26.2. The van der Waals surface area contributed by atoms with Crippen LogP contribution in [0.3, 0.4) is 0 Å². The van der Waals surface area contributed by atoms with Crippen LogP contribution >= 0.6 is 15.9 Å². The van der Waals surface area contributed by atoms with Gasteiger partial charge in [-0.1, -0.05) is 0 Å². The highest BCUT2D eigenvalue weighted by Crippen LogP contribution is 2.18. The number of nitrogens with zero attached hydrogens (tertiary/aromatic N) is 1. The molecular formula is C15H18BrFN2O2. The minimum Gasteiger partial charge on any atom is -0.341 e. The number of halogens is 2. The standard InChI is InChI=1S/C15H18BrFN2O2/c1-10(15(21)19-7-3-2-4-8-19)18-14(20)12-6-5-11(17)9-13(12)16/h5-6,9-10H,2-4,7-8H2,1H3,(H,18,20). The molecule has 1 aliphatic rings. The van der Waals surface area contributed by atoms with Crippen LogP contribution in [0, 0.1) is 5.82 Å². The summed E-state index contributed by atoms with van der Waals surface area (Å²) in [5.41, 5.74) is 0.315. The summed E-state index contributed by atoms with van der Waals surface area (Å²) in [6, 6.07) is 3.25. The predicted octanol–water partition coefficient (Wildman–Crippen LogP) is 2.72. The number of hydrogen-bond donors (Lipinski definition) is 1. The molecule has 0 bridgehead atoms. The van der Waals surface area contributed by atoms with Crippen LogP contribution in [0.25, 0.3) is 0 Å². The van der Waals surface area contributed by atoms with Crippen LogP contribution in [0.2, 0.25) is 0 Å². The molecule has 0 saturated carbocycles. The molecule has 0 spiro atoms. The Morgan fingerprint density at radius 2 is 1.95 bits per heavy atom. The van der Waals surface area contributed by atoms with E-state index in [2.05, 4.69) is 21.2 Å². The predicted molar refractivity (Wildman–Crippen MR) is 81.5 cm³/mol. The van der Waals surface area contributed by atoms with Crippen molar-refractivity contribution in [2.75, 3.05) is 13.1 Å². The molecule has 1 unspecified atom stereocenters. The highest BCUT2D eigenvalue weighted by atomic mass is 79.9. The third-order valence-corrected chi connectivity index (χ3v) is 4.22. The van der Waals surface area contributed by atoms with Gasteiger partial charge in [0.1, 0.15) is 11.9 Å². The highest BCUT2D eigenvalue weighted by molar-refractivity contribution is 9.10. The average Bonchev–Trinajstić information content (AvgIpc) is 2.47. The number of likely N-dealkylation sites (tertiary alicyclic amines) is 1. The Morgan fingerprint density at radius 3 is 2.57 bits per heavy atom. The fraction of sp³-hybridized carbons (Fsp3) is 0.467. The second kappa shape index (κ2) is 7.02. The first-order valence-electron chi connectivity index (χ1n) is 7.04. The summed E-state index contributed by atoms with van der Waals surface area (Å²) in [5, 5.41) is 2.67. The molecule has 1 N–H and O–H groups in total. The number of rotatable bonds is 3. The van der Waals surface area contributed by atoms with Crippen molar-refractivity contribution in [3.63, 3.8) is 0 Å². The van der Waals surface area contributed by atoms with E-state index in [-0.39, 0.29) is 11.8 Å². The van der Waals surface area contributed by atoms with E-state index in [0.717, 1.165) is 32.4 Å². The number of carbonyl (C=O) groups is 2. The quantitative estimate of drug-likeness (QED) is 0.904. The molecule has 2 rings (SSSR count). The van der Waals surface area contributed by atoms with Gasteiger partial charge in [-0.25, -0.2) is 4.39 Å². The molecule has 1 atom stereocenters. The number of hydrogen-bond acceptors (Lipinski definition) is 2. The Morgan fingerprint density at radius 1 is 1.29 bits per heavy atom. The molecule has 1 aromatic rings. The lowest BCUT2D eigenvalue weighted by atomic mass is 10.1.